The van der Waals surface area contributed by atoms with Crippen LogP contribution in [0.25, 0.3) is 0 Å². The number of carbonyl (C=O) groups is 1. The average Bonchev–Trinajstić information content (AvgIpc) is 2.98. The van der Waals surface area contributed by atoms with Crippen LogP contribution in [-0.2, 0) is 0 Å². The minimum atomic E-state index is -0.340. The number of unbranched alkanes of at least 4 members (excludes halogenated alkanes) is 9. The van der Waals surface area contributed by atoms with Crippen LogP contribution in [0.1, 0.15) is 118 Å². The molecule has 216 valence electrons. The second-order valence-electron chi connectivity index (χ2n) is 11.1. The number of hydrogen-bond acceptors (Lipinski definition) is 5. The van der Waals surface area contributed by atoms with Crippen LogP contribution < -0.4 is 9.47 Å². The standard InChI is InChI=1S/C34H50O3S2/c1-4-6-7-8-9-10-11-12-13-14-15-28-25-38-34(39-26-28)30-18-22-32(23-19-30)37-33(35)29-16-20-31(21-17-29)36-24-27(3)5-2/h16-23,27-28,34H,4-15,24-26H2,1-3H3. The molecule has 3 rings (SSSR count). The van der Waals surface area contributed by atoms with Crippen LogP contribution >= 0.6 is 23.5 Å². The van der Waals surface area contributed by atoms with Crippen molar-refractivity contribution in [3.8, 4) is 11.5 Å². The third-order valence-electron chi connectivity index (χ3n) is 7.62. The smallest absolute Gasteiger partial charge is 0.343 e. The fraction of sp³-hybridized carbons (Fsp3) is 0.618. The van der Waals surface area contributed by atoms with Crippen molar-refractivity contribution in [3.63, 3.8) is 0 Å². The summed E-state index contributed by atoms with van der Waals surface area (Å²) in [6.07, 6.45) is 16.6. The van der Waals surface area contributed by atoms with Gasteiger partial charge in [-0.1, -0.05) is 104 Å². The van der Waals surface area contributed by atoms with E-state index in [0.29, 0.717) is 28.4 Å². The highest BCUT2D eigenvalue weighted by Gasteiger charge is 2.23. The largest absolute Gasteiger partial charge is 0.493 e. The molecule has 1 aliphatic heterocycles. The zero-order chi connectivity index (χ0) is 27.7. The monoisotopic (exact) mass is 570 g/mol. The number of thioether (sulfide) groups is 2. The summed E-state index contributed by atoms with van der Waals surface area (Å²) in [4.78, 5) is 12.6. The third kappa shape index (κ3) is 12.2. The van der Waals surface area contributed by atoms with Crippen molar-refractivity contribution in [1.29, 1.82) is 0 Å². The van der Waals surface area contributed by atoms with E-state index in [1.165, 1.54) is 87.7 Å². The number of esters is 1. The molecule has 39 heavy (non-hydrogen) atoms. The van der Waals surface area contributed by atoms with Crippen molar-refractivity contribution >= 4 is 29.5 Å². The Morgan fingerprint density at radius 1 is 0.795 bits per heavy atom. The molecule has 1 unspecified atom stereocenters. The van der Waals surface area contributed by atoms with E-state index < -0.39 is 0 Å². The minimum absolute atomic E-state index is 0.340. The van der Waals surface area contributed by atoms with Gasteiger partial charge in [0.15, 0.2) is 0 Å². The van der Waals surface area contributed by atoms with Gasteiger partial charge in [0.05, 0.1) is 16.8 Å². The summed E-state index contributed by atoms with van der Waals surface area (Å²) in [5.41, 5.74) is 1.84. The summed E-state index contributed by atoms with van der Waals surface area (Å²) in [6.45, 7) is 7.29. The molecule has 0 N–H and O–H groups in total. The molecule has 1 saturated heterocycles. The van der Waals surface area contributed by atoms with E-state index in [-0.39, 0.29) is 5.97 Å². The number of carbonyl (C=O) groups excluding carboxylic acids is 1. The quantitative estimate of drug-likeness (QED) is 0.101. The summed E-state index contributed by atoms with van der Waals surface area (Å²) in [7, 11) is 0. The van der Waals surface area contributed by atoms with E-state index in [1.807, 2.05) is 24.3 Å². The Kier molecular flexibility index (Phi) is 15.3. The van der Waals surface area contributed by atoms with Crippen LogP contribution in [0.4, 0.5) is 0 Å². The molecule has 1 atom stereocenters. The molecule has 0 amide bonds. The summed E-state index contributed by atoms with van der Waals surface area (Å²) in [5.74, 6) is 4.89. The van der Waals surface area contributed by atoms with Crippen LogP contribution in [0.2, 0.25) is 0 Å². The molecule has 0 saturated carbocycles. The lowest BCUT2D eigenvalue weighted by Gasteiger charge is -2.28. The molecule has 1 heterocycles. The van der Waals surface area contributed by atoms with Gasteiger partial charge in [-0.25, -0.2) is 4.79 Å². The van der Waals surface area contributed by atoms with Gasteiger partial charge >= 0.3 is 5.97 Å². The Hall–Kier alpha value is -1.59. The maximum atomic E-state index is 12.6. The van der Waals surface area contributed by atoms with Crippen molar-refractivity contribution in [2.45, 2.75) is 102 Å². The molecule has 2 aromatic rings. The summed E-state index contributed by atoms with van der Waals surface area (Å²) < 4.78 is 11.9. The van der Waals surface area contributed by atoms with Crippen LogP contribution in [-0.4, -0.2) is 24.1 Å². The lowest BCUT2D eigenvalue weighted by molar-refractivity contribution is 0.0734. The Bertz CT molecular complexity index is 920. The van der Waals surface area contributed by atoms with E-state index in [0.717, 1.165) is 18.1 Å². The summed E-state index contributed by atoms with van der Waals surface area (Å²) in [6, 6.07) is 15.3. The molecular weight excluding hydrogens is 521 g/mol. The molecule has 3 nitrogen and oxygen atoms in total. The van der Waals surface area contributed by atoms with Crippen molar-refractivity contribution < 1.29 is 14.3 Å². The second-order valence-corrected chi connectivity index (χ2v) is 13.7. The van der Waals surface area contributed by atoms with Crippen molar-refractivity contribution in [3.05, 3.63) is 59.7 Å². The van der Waals surface area contributed by atoms with Gasteiger partial charge in [0.25, 0.3) is 0 Å². The van der Waals surface area contributed by atoms with Gasteiger partial charge in [0, 0.05) is 0 Å². The minimum Gasteiger partial charge on any atom is -0.493 e. The van der Waals surface area contributed by atoms with Gasteiger partial charge in [0.2, 0.25) is 0 Å². The number of hydrogen-bond donors (Lipinski definition) is 0. The van der Waals surface area contributed by atoms with Crippen molar-refractivity contribution in [2.24, 2.45) is 11.8 Å². The highest BCUT2D eigenvalue weighted by Crippen LogP contribution is 2.46. The first-order valence-electron chi connectivity index (χ1n) is 15.4. The molecule has 0 radical (unpaired) electrons. The van der Waals surface area contributed by atoms with Gasteiger partial charge in [-0.15, -0.1) is 23.5 Å². The Labute approximate surface area is 246 Å². The predicted octanol–water partition coefficient (Wildman–Crippen LogP) is 10.7. The fourth-order valence-electron chi connectivity index (χ4n) is 4.73. The normalized spacial score (nSPS) is 18.0. The van der Waals surface area contributed by atoms with Gasteiger partial charge in [-0.2, -0.15) is 0 Å². The first-order valence-corrected chi connectivity index (χ1v) is 17.5. The van der Waals surface area contributed by atoms with Gasteiger partial charge in [-0.05, 0) is 71.7 Å². The summed E-state index contributed by atoms with van der Waals surface area (Å²) in [5, 5.41) is 0. The highest BCUT2D eigenvalue weighted by atomic mass is 32.2. The van der Waals surface area contributed by atoms with E-state index in [4.69, 9.17) is 9.47 Å². The highest BCUT2D eigenvalue weighted by molar-refractivity contribution is 8.16. The summed E-state index contributed by atoms with van der Waals surface area (Å²) >= 11 is 4.15. The van der Waals surface area contributed by atoms with Crippen LogP contribution in [0.15, 0.2) is 48.5 Å². The topological polar surface area (TPSA) is 35.5 Å². The number of rotatable bonds is 18. The van der Waals surface area contributed by atoms with Crippen molar-refractivity contribution in [2.75, 3.05) is 18.1 Å². The van der Waals surface area contributed by atoms with Gasteiger partial charge in [-0.3, -0.25) is 0 Å². The van der Waals surface area contributed by atoms with E-state index >= 15 is 0 Å². The molecule has 0 spiro atoms. The Morgan fingerprint density at radius 2 is 1.36 bits per heavy atom. The zero-order valence-electron chi connectivity index (χ0n) is 24.5. The molecule has 2 aromatic carbocycles. The van der Waals surface area contributed by atoms with Crippen LogP contribution in [0.3, 0.4) is 0 Å². The first-order chi connectivity index (χ1) is 19.1. The lowest BCUT2D eigenvalue weighted by Crippen LogP contribution is -2.14. The first kappa shape index (κ1) is 31.9. The molecular formula is C34H50O3S2. The predicted molar refractivity (Wildman–Crippen MR) is 170 cm³/mol. The van der Waals surface area contributed by atoms with E-state index in [1.54, 1.807) is 12.1 Å². The third-order valence-corrected chi connectivity index (χ3v) is 10.9. The van der Waals surface area contributed by atoms with Crippen LogP contribution in [0, 0.1) is 11.8 Å². The molecule has 0 aliphatic carbocycles. The Balaban J connectivity index is 1.30. The molecule has 0 bridgehead atoms. The van der Waals surface area contributed by atoms with E-state index in [9.17, 15) is 4.79 Å². The molecule has 1 fully saturated rings. The molecule has 0 aromatic heterocycles. The molecule has 5 heteroatoms. The SMILES string of the molecule is CCCCCCCCCCCCC1CSC(c2ccc(OC(=O)c3ccc(OCC(C)CC)cc3)cc2)SC1. The Morgan fingerprint density at radius 3 is 1.95 bits per heavy atom. The maximum absolute atomic E-state index is 12.6. The average molecular weight is 571 g/mol. The van der Waals surface area contributed by atoms with E-state index in [2.05, 4.69) is 56.4 Å². The maximum Gasteiger partial charge on any atom is 0.343 e. The zero-order valence-corrected chi connectivity index (χ0v) is 26.1. The lowest BCUT2D eigenvalue weighted by atomic mass is 10.0. The van der Waals surface area contributed by atoms with Gasteiger partial charge < -0.3 is 9.47 Å². The fourth-order valence-corrected chi connectivity index (χ4v) is 7.89. The number of benzene rings is 2. The molecule has 1 aliphatic rings. The van der Waals surface area contributed by atoms with Gasteiger partial charge in [0.1, 0.15) is 11.5 Å². The van der Waals surface area contributed by atoms with Crippen LogP contribution in [0.5, 0.6) is 11.5 Å². The second kappa shape index (κ2) is 18.7. The van der Waals surface area contributed by atoms with Crippen molar-refractivity contribution in [1.82, 2.24) is 0 Å². The number of ether oxygens (including phenoxy) is 2.